The van der Waals surface area contributed by atoms with E-state index in [0.29, 0.717) is 34.4 Å². The number of likely N-dealkylation sites (N-methyl/N-ethyl adjacent to an activating group) is 3. The van der Waals surface area contributed by atoms with Crippen molar-refractivity contribution in [3.05, 3.63) is 224 Å². The summed E-state index contributed by atoms with van der Waals surface area (Å²) in [5.41, 5.74) is 2.07. The van der Waals surface area contributed by atoms with E-state index in [0.717, 1.165) is 106 Å². The van der Waals surface area contributed by atoms with E-state index in [1.165, 1.54) is 42.0 Å². The number of methoxy groups -OCH3 is 1. The van der Waals surface area contributed by atoms with Crippen molar-refractivity contribution >= 4 is 46.6 Å². The first-order valence-corrected chi connectivity index (χ1v) is 33.9. The monoisotopic (exact) mass is 1370 g/mol. The minimum atomic E-state index is -1.03. The topological polar surface area (TPSA) is 177 Å². The van der Waals surface area contributed by atoms with Crippen molar-refractivity contribution in [2.24, 2.45) is 0 Å². The molecule has 10 rings (SSSR count). The van der Waals surface area contributed by atoms with Crippen LogP contribution < -0.4 is 34.9 Å². The van der Waals surface area contributed by atoms with Gasteiger partial charge < -0.3 is 49.6 Å². The number of hydrogen-bond acceptors (Lipinski definition) is 12. The number of nitro groups is 1. The van der Waals surface area contributed by atoms with Gasteiger partial charge in [-0.25, -0.2) is 8.78 Å². The highest BCUT2D eigenvalue weighted by Gasteiger charge is 2.42. The number of halogens is 4. The smallest absolute Gasteiger partial charge is 0.270 e. The molecule has 0 radical (unpaired) electrons. The van der Waals surface area contributed by atoms with E-state index < -0.39 is 16.4 Å². The van der Waals surface area contributed by atoms with Crippen LogP contribution >= 0.6 is 23.2 Å². The molecular formula is C77H93Cl2F2N7O9. The molecule has 3 amide bonds. The molecule has 3 aliphatic rings. The maximum atomic E-state index is 13.8. The number of para-hydroxylation sites is 2. The van der Waals surface area contributed by atoms with Crippen LogP contribution in [0.25, 0.3) is 0 Å². The number of benzene rings is 7. The van der Waals surface area contributed by atoms with Gasteiger partial charge in [0.15, 0.2) is 12.2 Å². The van der Waals surface area contributed by atoms with E-state index in [4.69, 9.17) is 42.1 Å². The molecule has 0 spiro atoms. The normalized spacial score (nSPS) is 20.8. The van der Waals surface area contributed by atoms with Crippen molar-refractivity contribution in [2.45, 2.75) is 151 Å². The average Bonchev–Trinajstić information content (AvgIpc) is 0.832. The van der Waals surface area contributed by atoms with Crippen LogP contribution in [0.2, 0.25) is 10.0 Å². The Hall–Kier alpha value is -8.13. The molecule has 7 aromatic rings. The summed E-state index contributed by atoms with van der Waals surface area (Å²) in [6.07, 6.45) is 13.2. The summed E-state index contributed by atoms with van der Waals surface area (Å²) in [4.78, 5) is 56.2. The number of ether oxygens (including phenoxy) is 4. The predicted molar refractivity (Wildman–Crippen MR) is 379 cm³/mol. The van der Waals surface area contributed by atoms with Gasteiger partial charge in [-0.15, -0.1) is 0 Å². The first kappa shape index (κ1) is 74.7. The number of nitrogens with one attached hydrogen (secondary N) is 3. The second-order valence-electron chi connectivity index (χ2n) is 26.9. The molecule has 20 heteroatoms. The molecule has 97 heavy (non-hydrogen) atoms. The van der Waals surface area contributed by atoms with Crippen molar-refractivity contribution in [1.29, 1.82) is 0 Å². The molecule has 0 aromatic heterocycles. The molecule has 0 saturated heterocycles. The van der Waals surface area contributed by atoms with Crippen molar-refractivity contribution in [2.75, 3.05) is 56.0 Å². The zero-order valence-corrected chi connectivity index (χ0v) is 58.7. The third-order valence-electron chi connectivity index (χ3n) is 19.5. The van der Waals surface area contributed by atoms with Gasteiger partial charge in [0.1, 0.15) is 40.4 Å². The van der Waals surface area contributed by atoms with E-state index in [1.807, 2.05) is 93.0 Å². The van der Waals surface area contributed by atoms with Gasteiger partial charge in [0.25, 0.3) is 23.4 Å². The standard InChI is InChI=1S/C29H32FN3O5.C25H32ClFN2O2.C23H29ClN2O2/c1-32(2)29(19-20-5-4-6-21(30)17-20)15-13-22(14-16-29)31-28(34)26-18-23(33(35)36)7-12-27(26)38-25-10-8-24(37-3)9-11-25;1-24(2,31-22-8-6-5-7-21(22)26)23(30)28-20-13-15-25(16-14-20,29(3)4)17-18-9-11-19(27)12-10-18;1-26(2)23(16-18-8-6-7-11-21(18)24)14-12-19(13-15-23)25-22(27)17-28-20-9-4-3-5-10-20/h4-12,17-18,22H,13-16,19H2,1-3H3,(H,31,34);5-12,20H,13-17H2,1-4H3,(H,28,30);3-11,19H,12-17H2,1-2H3,(H,25,27). The van der Waals surface area contributed by atoms with Crippen molar-refractivity contribution in [3.63, 3.8) is 0 Å². The molecule has 518 valence electrons. The summed E-state index contributed by atoms with van der Waals surface area (Å²) >= 11 is 12.6. The number of carbonyl (C=O) groups is 3. The highest BCUT2D eigenvalue weighted by atomic mass is 35.5. The number of rotatable bonds is 23. The number of hydrogen-bond donors (Lipinski definition) is 3. The quantitative estimate of drug-likeness (QED) is 0.0409. The predicted octanol–water partition coefficient (Wildman–Crippen LogP) is 15.3. The Labute approximate surface area is 580 Å². The Morgan fingerprint density at radius 1 is 0.546 bits per heavy atom. The number of carbonyl (C=O) groups excluding carboxylic acids is 3. The van der Waals surface area contributed by atoms with Crippen LogP contribution in [0.5, 0.6) is 28.7 Å². The summed E-state index contributed by atoms with van der Waals surface area (Å²) in [6.45, 7) is 3.57. The van der Waals surface area contributed by atoms with E-state index in [1.54, 1.807) is 69.5 Å². The maximum absolute atomic E-state index is 13.8. The first-order chi connectivity index (χ1) is 46.3. The Kier molecular flexibility index (Phi) is 26.5. The van der Waals surface area contributed by atoms with Gasteiger partial charge in [-0.2, -0.15) is 0 Å². The van der Waals surface area contributed by atoms with Gasteiger partial charge in [0, 0.05) is 51.9 Å². The lowest BCUT2D eigenvalue weighted by atomic mass is 9.74. The lowest BCUT2D eigenvalue weighted by Crippen LogP contribution is -2.55. The molecule has 3 fully saturated rings. The summed E-state index contributed by atoms with van der Waals surface area (Å²) in [6, 6.07) is 49.2. The Bertz CT molecular complexity index is 3710. The molecule has 3 N–H and O–H groups in total. The molecule has 0 unspecified atom stereocenters. The fourth-order valence-corrected chi connectivity index (χ4v) is 13.7. The molecule has 0 atom stereocenters. The van der Waals surface area contributed by atoms with Crippen molar-refractivity contribution in [1.82, 2.24) is 30.7 Å². The van der Waals surface area contributed by atoms with Crippen molar-refractivity contribution in [3.8, 4) is 28.7 Å². The van der Waals surface area contributed by atoms with Crippen LogP contribution in [0, 0.1) is 21.7 Å². The van der Waals surface area contributed by atoms with Crippen LogP contribution in [0.15, 0.2) is 170 Å². The SMILES string of the molecule is CN(C)C1(Cc2ccc(F)cc2)CCC(NC(=O)C(C)(C)Oc2ccccc2Cl)CC1.CN(C)C1(Cc2ccccc2Cl)CCC(NC(=O)COc2ccccc2)CC1.COc1ccc(Oc2ccc([N+](=O)[O-])cc2C(=O)NC2CCC(Cc3cccc(F)c3)(N(C)C)CC2)cc1. The van der Waals surface area contributed by atoms with Crippen LogP contribution in [-0.2, 0) is 28.9 Å². The van der Waals surface area contributed by atoms with E-state index in [-0.39, 0.29) is 81.8 Å². The number of non-ortho nitro benzene ring substituents is 1. The van der Waals surface area contributed by atoms with Crippen LogP contribution in [0.4, 0.5) is 14.5 Å². The highest BCUT2D eigenvalue weighted by Crippen LogP contribution is 2.40. The molecule has 0 bridgehead atoms. The van der Waals surface area contributed by atoms with Gasteiger partial charge in [0.2, 0.25) is 0 Å². The minimum absolute atomic E-state index is 0.00262. The second kappa shape index (κ2) is 34.4. The summed E-state index contributed by atoms with van der Waals surface area (Å²) in [5.74, 6) is 1.48. The van der Waals surface area contributed by atoms with Crippen molar-refractivity contribution < 1.29 is 47.0 Å². The third-order valence-corrected chi connectivity index (χ3v) is 20.2. The minimum Gasteiger partial charge on any atom is -0.497 e. The molecule has 7 aromatic carbocycles. The zero-order chi connectivity index (χ0) is 69.9. The van der Waals surface area contributed by atoms with Gasteiger partial charge in [-0.3, -0.25) is 24.5 Å². The second-order valence-corrected chi connectivity index (χ2v) is 27.7. The van der Waals surface area contributed by atoms with Gasteiger partial charge in [-0.05, 0) is 254 Å². The first-order valence-electron chi connectivity index (χ1n) is 33.2. The summed E-state index contributed by atoms with van der Waals surface area (Å²) < 4.78 is 49.6. The van der Waals surface area contributed by atoms with E-state index in [2.05, 4.69) is 64.9 Å². The largest absolute Gasteiger partial charge is 0.497 e. The van der Waals surface area contributed by atoms with Gasteiger partial charge >= 0.3 is 0 Å². The van der Waals surface area contributed by atoms with Crippen LogP contribution in [0.3, 0.4) is 0 Å². The van der Waals surface area contributed by atoms with Gasteiger partial charge in [-0.1, -0.05) is 96.0 Å². The maximum Gasteiger partial charge on any atom is 0.270 e. The average molecular weight is 1370 g/mol. The molecular weight excluding hydrogens is 1280 g/mol. The molecule has 0 aliphatic heterocycles. The molecule has 0 heterocycles. The summed E-state index contributed by atoms with van der Waals surface area (Å²) in [7, 11) is 14.1. The van der Waals surface area contributed by atoms with Gasteiger partial charge in [0.05, 0.1) is 22.6 Å². The lowest BCUT2D eigenvalue weighted by molar-refractivity contribution is -0.384. The lowest BCUT2D eigenvalue weighted by Gasteiger charge is -2.46. The van der Waals surface area contributed by atoms with E-state index in [9.17, 15) is 33.3 Å². The molecule has 16 nitrogen and oxygen atoms in total. The summed E-state index contributed by atoms with van der Waals surface area (Å²) in [5, 5.41) is 22.1. The van der Waals surface area contributed by atoms with Crippen LogP contribution in [0.1, 0.15) is 118 Å². The number of nitro benzene ring substituents is 1. The van der Waals surface area contributed by atoms with Crippen LogP contribution in [-0.4, -0.2) is 134 Å². The number of amides is 3. The Morgan fingerprint density at radius 3 is 1.61 bits per heavy atom. The fourth-order valence-electron chi connectivity index (χ4n) is 13.3. The Balaban J connectivity index is 0.000000188. The third kappa shape index (κ3) is 20.9. The Morgan fingerprint density at radius 2 is 1.06 bits per heavy atom. The zero-order valence-electron chi connectivity index (χ0n) is 57.2. The fraction of sp³-hybridized carbons (Fsp3) is 0.416. The molecule has 3 aliphatic carbocycles. The number of nitrogens with zero attached hydrogens (tertiary/aromatic N) is 4. The highest BCUT2D eigenvalue weighted by molar-refractivity contribution is 6.32. The molecule has 3 saturated carbocycles. The van der Waals surface area contributed by atoms with E-state index >= 15 is 0 Å².